The molecule has 0 aromatic heterocycles. The Kier molecular flexibility index (Phi) is 4.54. The van der Waals surface area contributed by atoms with E-state index in [9.17, 15) is 4.79 Å². The van der Waals surface area contributed by atoms with Crippen LogP contribution in [0.15, 0.2) is 42.5 Å². The van der Waals surface area contributed by atoms with Crippen LogP contribution in [0.3, 0.4) is 0 Å². The Morgan fingerprint density at radius 3 is 2.70 bits per heavy atom. The van der Waals surface area contributed by atoms with E-state index in [4.69, 9.17) is 10.00 Å². The molecule has 2 rings (SSSR count). The molecule has 20 heavy (non-hydrogen) atoms. The maximum absolute atomic E-state index is 11.7. The molecule has 0 unspecified atom stereocenters. The molecule has 0 amide bonds. The van der Waals surface area contributed by atoms with Gasteiger partial charge in [0.1, 0.15) is 0 Å². The Balaban J connectivity index is 2.55. The number of rotatable bonds is 3. The summed E-state index contributed by atoms with van der Waals surface area (Å²) in [6.45, 7) is 0. The molecule has 0 N–H and O–H groups in total. The molecule has 0 bridgehead atoms. The zero-order valence-corrected chi connectivity index (χ0v) is 12.5. The number of hydrogen-bond donors (Lipinski definition) is 0. The van der Waals surface area contributed by atoms with Crippen LogP contribution in [0.25, 0.3) is 11.1 Å². The lowest BCUT2D eigenvalue weighted by Crippen LogP contribution is -2.02. The van der Waals surface area contributed by atoms with E-state index >= 15 is 0 Å². The molecule has 0 aliphatic rings. The van der Waals surface area contributed by atoms with E-state index < -0.39 is 0 Å². The molecule has 0 heterocycles. The molecule has 100 valence electrons. The third-order valence-electron chi connectivity index (χ3n) is 2.89. The Labute approximate surface area is 125 Å². The number of methoxy groups -OCH3 is 1. The van der Waals surface area contributed by atoms with Gasteiger partial charge in [0.25, 0.3) is 0 Å². The van der Waals surface area contributed by atoms with Crippen molar-refractivity contribution >= 4 is 21.9 Å². The van der Waals surface area contributed by atoms with Crippen molar-refractivity contribution in [1.29, 1.82) is 5.26 Å². The molecule has 0 aliphatic carbocycles. The predicted octanol–water partition coefficient (Wildman–Crippen LogP) is 3.91. The zero-order valence-electron chi connectivity index (χ0n) is 10.9. The van der Waals surface area contributed by atoms with Gasteiger partial charge >= 0.3 is 5.97 Å². The molecular weight excluding hydrogens is 318 g/mol. The van der Waals surface area contributed by atoms with Gasteiger partial charge in [0.05, 0.1) is 24.3 Å². The van der Waals surface area contributed by atoms with E-state index in [2.05, 4.69) is 22.0 Å². The van der Waals surface area contributed by atoms with Crippen molar-refractivity contribution in [2.75, 3.05) is 7.11 Å². The zero-order chi connectivity index (χ0) is 14.5. The van der Waals surface area contributed by atoms with Crippen LogP contribution in [-0.2, 0) is 10.1 Å². The summed E-state index contributed by atoms with van der Waals surface area (Å²) in [6, 6.07) is 14.9. The van der Waals surface area contributed by atoms with Crippen molar-refractivity contribution in [1.82, 2.24) is 0 Å². The summed E-state index contributed by atoms with van der Waals surface area (Å²) in [5.41, 5.74) is 3.86. The van der Waals surface area contributed by atoms with Gasteiger partial charge in [-0.1, -0.05) is 34.1 Å². The van der Waals surface area contributed by atoms with E-state index in [-0.39, 0.29) is 5.97 Å². The van der Waals surface area contributed by atoms with E-state index in [1.807, 2.05) is 18.2 Å². The molecule has 0 saturated heterocycles. The number of ether oxygens (including phenoxy) is 1. The number of nitriles is 1. The lowest BCUT2D eigenvalue weighted by atomic mass is 9.99. The van der Waals surface area contributed by atoms with Crippen molar-refractivity contribution in [3.8, 4) is 17.2 Å². The van der Waals surface area contributed by atoms with E-state index in [1.165, 1.54) is 7.11 Å². The van der Waals surface area contributed by atoms with E-state index in [0.717, 1.165) is 16.7 Å². The predicted molar refractivity (Wildman–Crippen MR) is 80.6 cm³/mol. The standard InChI is InChI=1S/C16H12BrNO2/c1-20-16(19)15-7-12(9-17)6-14(8-15)13-4-2-3-11(5-13)10-18/h2-8H,9H2,1H3. The Hall–Kier alpha value is -2.12. The molecule has 0 spiro atoms. The molecule has 0 saturated carbocycles. The van der Waals surface area contributed by atoms with Crippen LogP contribution in [0.4, 0.5) is 0 Å². The van der Waals surface area contributed by atoms with Crippen LogP contribution in [0.5, 0.6) is 0 Å². The summed E-state index contributed by atoms with van der Waals surface area (Å²) in [4.78, 5) is 11.7. The number of alkyl halides is 1. The van der Waals surface area contributed by atoms with Crippen LogP contribution in [0.2, 0.25) is 0 Å². The average molecular weight is 330 g/mol. The molecule has 0 radical (unpaired) electrons. The Morgan fingerprint density at radius 2 is 2.05 bits per heavy atom. The maximum Gasteiger partial charge on any atom is 0.337 e. The highest BCUT2D eigenvalue weighted by molar-refractivity contribution is 9.08. The Morgan fingerprint density at radius 1 is 1.25 bits per heavy atom. The maximum atomic E-state index is 11.7. The summed E-state index contributed by atoms with van der Waals surface area (Å²) in [5, 5.41) is 9.60. The minimum Gasteiger partial charge on any atom is -0.465 e. The lowest BCUT2D eigenvalue weighted by molar-refractivity contribution is 0.0600. The number of carbonyl (C=O) groups is 1. The number of benzene rings is 2. The first-order valence-electron chi connectivity index (χ1n) is 5.96. The second-order valence-electron chi connectivity index (χ2n) is 4.24. The molecule has 0 atom stereocenters. The summed E-state index contributed by atoms with van der Waals surface area (Å²) in [7, 11) is 1.36. The van der Waals surface area contributed by atoms with Gasteiger partial charge in [-0.25, -0.2) is 4.79 Å². The largest absolute Gasteiger partial charge is 0.465 e. The van der Waals surface area contributed by atoms with Gasteiger partial charge in [0, 0.05) is 5.33 Å². The summed E-state index contributed by atoms with van der Waals surface area (Å²) < 4.78 is 4.76. The first kappa shape index (κ1) is 14.3. The quantitative estimate of drug-likeness (QED) is 0.633. The number of halogens is 1. The van der Waals surface area contributed by atoms with Gasteiger partial charge in [-0.2, -0.15) is 5.26 Å². The normalized spacial score (nSPS) is 9.85. The number of esters is 1. The van der Waals surface area contributed by atoms with E-state index in [1.54, 1.807) is 24.3 Å². The van der Waals surface area contributed by atoms with Gasteiger partial charge in [-0.3, -0.25) is 0 Å². The minimum atomic E-state index is -0.370. The second kappa shape index (κ2) is 6.36. The molecule has 3 nitrogen and oxygen atoms in total. The van der Waals surface area contributed by atoms with Crippen LogP contribution in [-0.4, -0.2) is 13.1 Å². The fraction of sp³-hybridized carbons (Fsp3) is 0.125. The summed E-state index contributed by atoms with van der Waals surface area (Å²) in [6.07, 6.45) is 0. The first-order chi connectivity index (χ1) is 9.67. The number of hydrogen-bond acceptors (Lipinski definition) is 3. The molecule has 4 heteroatoms. The number of carbonyl (C=O) groups excluding carboxylic acids is 1. The van der Waals surface area contributed by atoms with Crippen molar-refractivity contribution in [3.05, 3.63) is 59.2 Å². The molecule has 2 aromatic rings. The monoisotopic (exact) mass is 329 g/mol. The highest BCUT2D eigenvalue weighted by Gasteiger charge is 2.10. The van der Waals surface area contributed by atoms with Crippen LogP contribution >= 0.6 is 15.9 Å². The third-order valence-corrected chi connectivity index (χ3v) is 3.54. The van der Waals surface area contributed by atoms with Gasteiger partial charge in [0.15, 0.2) is 0 Å². The number of nitrogens with zero attached hydrogens (tertiary/aromatic N) is 1. The molecular formula is C16H12BrNO2. The molecule has 0 fully saturated rings. The SMILES string of the molecule is COC(=O)c1cc(CBr)cc(-c2cccc(C#N)c2)c1. The summed E-state index contributed by atoms with van der Waals surface area (Å²) in [5.74, 6) is -0.370. The average Bonchev–Trinajstić information content (AvgIpc) is 2.53. The fourth-order valence-corrected chi connectivity index (χ4v) is 2.26. The van der Waals surface area contributed by atoms with E-state index in [0.29, 0.717) is 16.5 Å². The lowest BCUT2D eigenvalue weighted by Gasteiger charge is -2.08. The Bertz CT molecular complexity index is 689. The summed E-state index contributed by atoms with van der Waals surface area (Å²) >= 11 is 3.39. The van der Waals surface area contributed by atoms with Crippen molar-refractivity contribution < 1.29 is 9.53 Å². The van der Waals surface area contributed by atoms with Crippen LogP contribution < -0.4 is 0 Å². The smallest absolute Gasteiger partial charge is 0.337 e. The minimum absolute atomic E-state index is 0.370. The first-order valence-corrected chi connectivity index (χ1v) is 7.09. The molecule has 0 aliphatic heterocycles. The van der Waals surface area contributed by atoms with Crippen molar-refractivity contribution in [3.63, 3.8) is 0 Å². The van der Waals surface area contributed by atoms with Crippen LogP contribution in [0, 0.1) is 11.3 Å². The molecule has 2 aromatic carbocycles. The highest BCUT2D eigenvalue weighted by Crippen LogP contribution is 2.25. The highest BCUT2D eigenvalue weighted by atomic mass is 79.9. The topological polar surface area (TPSA) is 50.1 Å². The van der Waals surface area contributed by atoms with Gasteiger partial charge in [-0.05, 0) is 41.0 Å². The van der Waals surface area contributed by atoms with Crippen LogP contribution in [0.1, 0.15) is 21.5 Å². The van der Waals surface area contributed by atoms with Crippen molar-refractivity contribution in [2.45, 2.75) is 5.33 Å². The second-order valence-corrected chi connectivity index (χ2v) is 4.80. The van der Waals surface area contributed by atoms with Gasteiger partial charge < -0.3 is 4.74 Å². The van der Waals surface area contributed by atoms with Gasteiger partial charge in [0.2, 0.25) is 0 Å². The van der Waals surface area contributed by atoms with Crippen molar-refractivity contribution in [2.24, 2.45) is 0 Å². The third kappa shape index (κ3) is 3.06. The van der Waals surface area contributed by atoms with Gasteiger partial charge in [-0.15, -0.1) is 0 Å². The fourth-order valence-electron chi connectivity index (χ4n) is 1.94.